The molecule has 0 bridgehead atoms. The summed E-state index contributed by atoms with van der Waals surface area (Å²) < 4.78 is 2.10. The van der Waals surface area contributed by atoms with Crippen LogP contribution in [0.5, 0.6) is 0 Å². The van der Waals surface area contributed by atoms with Crippen molar-refractivity contribution in [3.8, 4) is 11.4 Å². The number of thioether (sulfide) groups is 1. The Labute approximate surface area is 160 Å². The summed E-state index contributed by atoms with van der Waals surface area (Å²) in [7, 11) is 0. The van der Waals surface area contributed by atoms with Crippen LogP contribution < -0.4 is 0 Å². The number of aromatic nitrogens is 3. The molecule has 0 saturated heterocycles. The number of nitrogens with zero attached hydrogens (tertiary/aromatic N) is 4. The lowest BCUT2D eigenvalue weighted by Crippen LogP contribution is -2.39. The van der Waals surface area contributed by atoms with Gasteiger partial charge in [0.15, 0.2) is 11.0 Å². The first-order valence-corrected chi connectivity index (χ1v) is 10.6. The van der Waals surface area contributed by atoms with Crippen molar-refractivity contribution in [2.45, 2.75) is 64.2 Å². The molecule has 1 heterocycles. The van der Waals surface area contributed by atoms with Crippen LogP contribution in [-0.2, 0) is 11.3 Å². The van der Waals surface area contributed by atoms with E-state index in [1.807, 2.05) is 12.1 Å². The van der Waals surface area contributed by atoms with E-state index in [1.165, 1.54) is 30.2 Å². The molecule has 0 unspecified atom stereocenters. The molecule has 1 aromatic heterocycles. The lowest BCUT2D eigenvalue weighted by molar-refractivity contribution is -0.130. The van der Waals surface area contributed by atoms with Gasteiger partial charge in [0, 0.05) is 24.7 Å². The quantitative estimate of drug-likeness (QED) is 0.685. The molecule has 0 N–H and O–H groups in total. The molecule has 1 fully saturated rings. The van der Waals surface area contributed by atoms with Gasteiger partial charge in [-0.25, -0.2) is 0 Å². The van der Waals surface area contributed by atoms with Crippen LogP contribution in [0.15, 0.2) is 29.4 Å². The third-order valence-corrected chi connectivity index (χ3v) is 6.12. The standard InChI is InChI=1S/C20H28N4OS/c1-4-23(16-11-7-8-12-16)18(25)14-26-20-22-21-19(24(20)5-2)17-13-9-6-10-15(17)3/h6,9-10,13,16H,4-5,7-8,11-12,14H2,1-3H3. The van der Waals surface area contributed by atoms with E-state index in [0.717, 1.165) is 42.5 Å². The van der Waals surface area contributed by atoms with Gasteiger partial charge in [0.05, 0.1) is 5.75 Å². The van der Waals surface area contributed by atoms with Gasteiger partial charge >= 0.3 is 0 Å². The third-order valence-electron chi connectivity index (χ3n) is 5.17. The van der Waals surface area contributed by atoms with Crippen LogP contribution in [0.2, 0.25) is 0 Å². The maximum absolute atomic E-state index is 12.7. The molecular formula is C20H28N4OS. The van der Waals surface area contributed by atoms with Gasteiger partial charge in [0.1, 0.15) is 0 Å². The minimum absolute atomic E-state index is 0.215. The van der Waals surface area contributed by atoms with Gasteiger partial charge in [-0.2, -0.15) is 0 Å². The number of aryl methyl sites for hydroxylation is 1. The van der Waals surface area contributed by atoms with Gasteiger partial charge in [-0.15, -0.1) is 10.2 Å². The first kappa shape index (κ1) is 19.0. The average Bonchev–Trinajstić information content (AvgIpc) is 3.30. The summed E-state index contributed by atoms with van der Waals surface area (Å²) >= 11 is 1.50. The number of carbonyl (C=O) groups excluding carboxylic acids is 1. The van der Waals surface area contributed by atoms with Crippen molar-refractivity contribution in [1.82, 2.24) is 19.7 Å². The monoisotopic (exact) mass is 372 g/mol. The van der Waals surface area contributed by atoms with E-state index in [0.29, 0.717) is 11.8 Å². The van der Waals surface area contributed by atoms with Crippen molar-refractivity contribution in [3.63, 3.8) is 0 Å². The summed E-state index contributed by atoms with van der Waals surface area (Å²) in [4.78, 5) is 14.8. The third kappa shape index (κ3) is 3.95. The Bertz CT molecular complexity index is 752. The van der Waals surface area contributed by atoms with E-state index < -0.39 is 0 Å². The first-order chi connectivity index (χ1) is 12.7. The smallest absolute Gasteiger partial charge is 0.233 e. The molecule has 1 aliphatic carbocycles. The van der Waals surface area contributed by atoms with Crippen molar-refractivity contribution < 1.29 is 4.79 Å². The van der Waals surface area contributed by atoms with E-state index >= 15 is 0 Å². The van der Waals surface area contributed by atoms with Crippen molar-refractivity contribution in [2.75, 3.05) is 12.3 Å². The second-order valence-electron chi connectivity index (χ2n) is 6.77. The Morgan fingerprint density at radius 2 is 1.96 bits per heavy atom. The molecule has 0 radical (unpaired) electrons. The highest BCUT2D eigenvalue weighted by atomic mass is 32.2. The highest BCUT2D eigenvalue weighted by Crippen LogP contribution is 2.28. The molecular weight excluding hydrogens is 344 g/mol. The van der Waals surface area contributed by atoms with Crippen molar-refractivity contribution >= 4 is 17.7 Å². The molecule has 1 aliphatic rings. The van der Waals surface area contributed by atoms with Crippen molar-refractivity contribution in [2.24, 2.45) is 0 Å². The molecule has 0 atom stereocenters. The molecule has 1 aromatic carbocycles. The fraction of sp³-hybridized carbons (Fsp3) is 0.550. The highest BCUT2D eigenvalue weighted by Gasteiger charge is 2.26. The maximum atomic E-state index is 12.7. The van der Waals surface area contributed by atoms with Crippen LogP contribution in [0.1, 0.15) is 45.1 Å². The second kappa shape index (κ2) is 8.71. The summed E-state index contributed by atoms with van der Waals surface area (Å²) in [6, 6.07) is 8.64. The van der Waals surface area contributed by atoms with E-state index in [1.54, 1.807) is 0 Å². The van der Waals surface area contributed by atoms with Gasteiger partial charge in [0.2, 0.25) is 5.91 Å². The molecule has 2 aromatic rings. The molecule has 26 heavy (non-hydrogen) atoms. The van der Waals surface area contributed by atoms with Crippen LogP contribution in [0, 0.1) is 6.92 Å². The SMILES string of the molecule is CCN(C(=O)CSc1nnc(-c2ccccc2C)n1CC)C1CCCC1. The predicted octanol–water partition coefficient (Wildman–Crippen LogP) is 4.16. The molecule has 1 amide bonds. The molecule has 3 rings (SSSR count). The molecule has 5 nitrogen and oxygen atoms in total. The van der Waals surface area contributed by atoms with E-state index in [9.17, 15) is 4.79 Å². The predicted molar refractivity (Wildman–Crippen MR) is 106 cm³/mol. The lowest BCUT2D eigenvalue weighted by Gasteiger charge is -2.27. The highest BCUT2D eigenvalue weighted by molar-refractivity contribution is 7.99. The lowest BCUT2D eigenvalue weighted by atomic mass is 10.1. The summed E-state index contributed by atoms with van der Waals surface area (Å²) in [5.41, 5.74) is 2.28. The Morgan fingerprint density at radius 1 is 1.23 bits per heavy atom. The minimum Gasteiger partial charge on any atom is -0.339 e. The fourth-order valence-electron chi connectivity index (χ4n) is 3.77. The van der Waals surface area contributed by atoms with Crippen molar-refractivity contribution in [1.29, 1.82) is 0 Å². The van der Waals surface area contributed by atoms with Crippen LogP contribution in [0.4, 0.5) is 0 Å². The zero-order chi connectivity index (χ0) is 18.5. The second-order valence-corrected chi connectivity index (χ2v) is 7.71. The molecule has 0 aliphatic heterocycles. The summed E-state index contributed by atoms with van der Waals surface area (Å²) in [5.74, 6) is 1.52. The number of benzene rings is 1. The Morgan fingerprint density at radius 3 is 2.62 bits per heavy atom. The molecule has 140 valence electrons. The zero-order valence-corrected chi connectivity index (χ0v) is 16.8. The summed E-state index contributed by atoms with van der Waals surface area (Å²) in [6.45, 7) is 7.83. The summed E-state index contributed by atoms with van der Waals surface area (Å²) in [5, 5.41) is 9.59. The van der Waals surface area contributed by atoms with Crippen molar-refractivity contribution in [3.05, 3.63) is 29.8 Å². The van der Waals surface area contributed by atoms with Gasteiger partial charge in [-0.3, -0.25) is 4.79 Å². The Hall–Kier alpha value is -1.82. The van der Waals surface area contributed by atoms with Gasteiger partial charge in [0.25, 0.3) is 0 Å². The topological polar surface area (TPSA) is 51.0 Å². The zero-order valence-electron chi connectivity index (χ0n) is 15.9. The van der Waals surface area contributed by atoms with Gasteiger partial charge in [-0.05, 0) is 39.2 Å². The van der Waals surface area contributed by atoms with Gasteiger partial charge < -0.3 is 9.47 Å². The van der Waals surface area contributed by atoms with E-state index in [-0.39, 0.29) is 5.91 Å². The fourth-order valence-corrected chi connectivity index (χ4v) is 4.66. The minimum atomic E-state index is 0.215. The van der Waals surface area contributed by atoms with Crippen LogP contribution in [0.25, 0.3) is 11.4 Å². The molecule has 6 heteroatoms. The van der Waals surface area contributed by atoms with E-state index in [4.69, 9.17) is 0 Å². The van der Waals surface area contributed by atoms with Gasteiger partial charge in [-0.1, -0.05) is 48.9 Å². The average molecular weight is 373 g/mol. The first-order valence-electron chi connectivity index (χ1n) is 9.57. The number of carbonyl (C=O) groups is 1. The Kier molecular flexibility index (Phi) is 6.35. The molecule has 0 spiro atoms. The Balaban J connectivity index is 1.72. The van der Waals surface area contributed by atoms with Crippen LogP contribution in [0.3, 0.4) is 0 Å². The van der Waals surface area contributed by atoms with E-state index in [2.05, 4.69) is 52.6 Å². The maximum Gasteiger partial charge on any atom is 0.233 e. The molecule has 1 saturated carbocycles. The number of amides is 1. The number of hydrogen-bond acceptors (Lipinski definition) is 4. The summed E-state index contributed by atoms with van der Waals surface area (Å²) in [6.07, 6.45) is 4.77. The number of hydrogen-bond donors (Lipinski definition) is 0. The normalized spacial score (nSPS) is 14.7. The largest absolute Gasteiger partial charge is 0.339 e. The van der Waals surface area contributed by atoms with Crippen LogP contribution in [-0.4, -0.2) is 43.9 Å². The van der Waals surface area contributed by atoms with Crippen LogP contribution >= 0.6 is 11.8 Å². The number of rotatable bonds is 7.